The molecule has 0 aromatic carbocycles. The quantitative estimate of drug-likeness (QED) is 0.777. The van der Waals surface area contributed by atoms with Gasteiger partial charge in [-0.2, -0.15) is 10.2 Å². The van der Waals surface area contributed by atoms with Crippen molar-refractivity contribution < 1.29 is 4.79 Å². The summed E-state index contributed by atoms with van der Waals surface area (Å²) in [5.74, 6) is 1.87. The Kier molecular flexibility index (Phi) is 4.21. The van der Waals surface area contributed by atoms with Gasteiger partial charge >= 0.3 is 0 Å². The molecule has 1 saturated carbocycles. The number of rotatable bonds is 5. The van der Waals surface area contributed by atoms with Crippen LogP contribution in [0.25, 0.3) is 0 Å². The Morgan fingerprint density at radius 1 is 1.12 bits per heavy atom. The van der Waals surface area contributed by atoms with Gasteiger partial charge in [0.25, 0.3) is 5.91 Å². The number of aromatic nitrogens is 4. The molecule has 2 heterocycles. The summed E-state index contributed by atoms with van der Waals surface area (Å²) < 4.78 is 3.62. The molecule has 2 aromatic heterocycles. The molecule has 2 aromatic rings. The van der Waals surface area contributed by atoms with Gasteiger partial charge in [-0.1, -0.05) is 12.2 Å². The Bertz CT molecular complexity index is 823. The number of allylic oxidation sites excluding steroid dienone is 2. The van der Waals surface area contributed by atoms with E-state index in [0.29, 0.717) is 30.0 Å². The fourth-order valence-electron chi connectivity index (χ4n) is 4.34. The zero-order valence-electron chi connectivity index (χ0n) is 16.0. The summed E-state index contributed by atoms with van der Waals surface area (Å²) in [6, 6.07) is 3.93. The maximum absolute atomic E-state index is 13.2. The van der Waals surface area contributed by atoms with E-state index in [2.05, 4.69) is 28.4 Å². The number of hydrogen-bond acceptors (Lipinski definition) is 3. The smallest absolute Gasteiger partial charge is 0.274 e. The molecule has 26 heavy (non-hydrogen) atoms. The minimum atomic E-state index is 0.00348. The van der Waals surface area contributed by atoms with E-state index in [9.17, 15) is 4.79 Å². The van der Waals surface area contributed by atoms with Gasteiger partial charge < -0.3 is 4.90 Å². The summed E-state index contributed by atoms with van der Waals surface area (Å²) in [7, 11) is 3.81. The topological polar surface area (TPSA) is 56.0 Å². The first-order valence-corrected chi connectivity index (χ1v) is 9.38. The fourth-order valence-corrected chi connectivity index (χ4v) is 4.34. The second kappa shape index (κ2) is 6.41. The summed E-state index contributed by atoms with van der Waals surface area (Å²) in [6.45, 7) is 5.31. The molecular weight excluding hydrogens is 326 g/mol. The van der Waals surface area contributed by atoms with Crippen LogP contribution in [-0.4, -0.2) is 36.9 Å². The summed E-state index contributed by atoms with van der Waals surface area (Å²) >= 11 is 0. The van der Waals surface area contributed by atoms with Crippen molar-refractivity contribution in [3.63, 3.8) is 0 Å². The third kappa shape index (κ3) is 3.08. The molecule has 6 nitrogen and oxygen atoms in total. The van der Waals surface area contributed by atoms with E-state index < -0.39 is 0 Å². The molecule has 0 unspecified atom stereocenters. The maximum atomic E-state index is 13.2. The number of aryl methyl sites for hydroxylation is 4. The van der Waals surface area contributed by atoms with Crippen LogP contribution in [0.15, 0.2) is 24.3 Å². The Balaban J connectivity index is 1.57. The molecule has 2 bridgehead atoms. The van der Waals surface area contributed by atoms with Crippen molar-refractivity contribution in [2.24, 2.45) is 31.8 Å². The summed E-state index contributed by atoms with van der Waals surface area (Å²) in [6.07, 6.45) is 7.13. The van der Waals surface area contributed by atoms with Gasteiger partial charge in [0.2, 0.25) is 0 Å². The number of nitrogens with zero attached hydrogens (tertiary/aromatic N) is 5. The molecule has 6 heteroatoms. The van der Waals surface area contributed by atoms with E-state index in [-0.39, 0.29) is 5.91 Å². The van der Waals surface area contributed by atoms with Gasteiger partial charge in [-0.05, 0) is 56.6 Å². The predicted octanol–water partition coefficient (Wildman–Crippen LogP) is 2.63. The molecule has 0 radical (unpaired) electrons. The van der Waals surface area contributed by atoms with Crippen molar-refractivity contribution in [2.45, 2.75) is 33.2 Å². The number of hydrogen-bond donors (Lipinski definition) is 0. The highest BCUT2D eigenvalue weighted by molar-refractivity contribution is 5.92. The van der Waals surface area contributed by atoms with Crippen molar-refractivity contribution >= 4 is 5.91 Å². The van der Waals surface area contributed by atoms with Crippen LogP contribution in [-0.2, 0) is 20.6 Å². The first-order valence-electron chi connectivity index (χ1n) is 9.38. The van der Waals surface area contributed by atoms with Gasteiger partial charge in [0.15, 0.2) is 5.69 Å². The minimum absolute atomic E-state index is 0.00348. The summed E-state index contributed by atoms with van der Waals surface area (Å²) in [4.78, 5) is 15.1. The van der Waals surface area contributed by atoms with Crippen LogP contribution in [0.3, 0.4) is 0 Å². The molecule has 0 saturated heterocycles. The number of carbonyl (C=O) groups excluding carboxylic acids is 1. The van der Waals surface area contributed by atoms with Crippen LogP contribution in [0, 0.1) is 31.6 Å². The van der Waals surface area contributed by atoms with Crippen LogP contribution in [0.4, 0.5) is 0 Å². The van der Waals surface area contributed by atoms with Crippen molar-refractivity contribution in [3.05, 3.63) is 47.1 Å². The van der Waals surface area contributed by atoms with Crippen molar-refractivity contribution in [1.82, 2.24) is 24.5 Å². The van der Waals surface area contributed by atoms with Crippen LogP contribution < -0.4 is 0 Å². The fraction of sp³-hybridized carbons (Fsp3) is 0.550. The van der Waals surface area contributed by atoms with Crippen LogP contribution in [0.5, 0.6) is 0 Å². The van der Waals surface area contributed by atoms with E-state index >= 15 is 0 Å². The molecule has 0 aliphatic heterocycles. The molecule has 4 rings (SSSR count). The first kappa shape index (κ1) is 17.1. The standard InChI is InChI=1S/C20H27N5O/c1-13-7-18(21-23(13)3)12-25(11-17-10-15-5-6-16(17)9-15)20(26)19-8-14(2)24(4)22-19/h5-8,15-17H,9-12H2,1-4H3/t15-,16-,17+/m0/s1. The van der Waals surface area contributed by atoms with E-state index in [1.54, 1.807) is 4.68 Å². The summed E-state index contributed by atoms with van der Waals surface area (Å²) in [5.41, 5.74) is 3.55. The molecule has 0 N–H and O–H groups in total. The highest BCUT2D eigenvalue weighted by atomic mass is 16.2. The molecule has 0 spiro atoms. The minimum Gasteiger partial charge on any atom is -0.331 e. The number of carbonyl (C=O) groups is 1. The van der Waals surface area contributed by atoms with Gasteiger partial charge in [-0.25, -0.2) is 0 Å². The Labute approximate surface area is 154 Å². The maximum Gasteiger partial charge on any atom is 0.274 e. The van der Waals surface area contributed by atoms with E-state index in [1.807, 2.05) is 43.6 Å². The zero-order chi connectivity index (χ0) is 18.4. The third-order valence-corrected chi connectivity index (χ3v) is 6.01. The largest absolute Gasteiger partial charge is 0.331 e. The molecule has 2 aliphatic carbocycles. The second-order valence-corrected chi connectivity index (χ2v) is 7.92. The van der Waals surface area contributed by atoms with Crippen LogP contribution in [0.1, 0.15) is 40.4 Å². The van der Waals surface area contributed by atoms with E-state index in [0.717, 1.165) is 23.6 Å². The Morgan fingerprint density at radius 3 is 2.38 bits per heavy atom. The Morgan fingerprint density at radius 2 is 1.85 bits per heavy atom. The summed E-state index contributed by atoms with van der Waals surface area (Å²) in [5, 5.41) is 8.96. The van der Waals surface area contributed by atoms with E-state index in [4.69, 9.17) is 0 Å². The first-order chi connectivity index (χ1) is 12.4. The second-order valence-electron chi connectivity index (χ2n) is 7.92. The predicted molar refractivity (Wildman–Crippen MR) is 99.5 cm³/mol. The lowest BCUT2D eigenvalue weighted by Crippen LogP contribution is -2.36. The lowest BCUT2D eigenvalue weighted by Gasteiger charge is -2.27. The third-order valence-electron chi connectivity index (χ3n) is 6.01. The lowest BCUT2D eigenvalue weighted by molar-refractivity contribution is 0.0695. The number of fused-ring (bicyclic) bond motifs is 2. The lowest BCUT2D eigenvalue weighted by atomic mass is 9.93. The Hall–Kier alpha value is -2.37. The molecule has 1 amide bonds. The molecule has 3 atom stereocenters. The average molecular weight is 353 g/mol. The van der Waals surface area contributed by atoms with Gasteiger partial charge in [0.1, 0.15) is 0 Å². The molecule has 2 aliphatic rings. The van der Waals surface area contributed by atoms with E-state index in [1.165, 1.54) is 12.8 Å². The van der Waals surface area contributed by atoms with Gasteiger partial charge in [-0.15, -0.1) is 0 Å². The molecular formula is C20H27N5O. The number of amides is 1. The zero-order valence-corrected chi connectivity index (χ0v) is 16.0. The monoisotopic (exact) mass is 353 g/mol. The van der Waals surface area contributed by atoms with Crippen LogP contribution >= 0.6 is 0 Å². The van der Waals surface area contributed by atoms with Gasteiger partial charge in [-0.3, -0.25) is 14.2 Å². The van der Waals surface area contributed by atoms with Gasteiger partial charge in [0.05, 0.1) is 12.2 Å². The van der Waals surface area contributed by atoms with Crippen molar-refractivity contribution in [3.8, 4) is 0 Å². The van der Waals surface area contributed by atoms with Crippen molar-refractivity contribution in [1.29, 1.82) is 0 Å². The normalized spacial score (nSPS) is 23.8. The van der Waals surface area contributed by atoms with Gasteiger partial charge in [0, 0.05) is 32.0 Å². The highest BCUT2D eigenvalue weighted by Gasteiger charge is 2.37. The molecule has 1 fully saturated rings. The average Bonchev–Trinajstić information content (AvgIpc) is 3.34. The highest BCUT2D eigenvalue weighted by Crippen LogP contribution is 2.43. The van der Waals surface area contributed by atoms with Crippen molar-refractivity contribution in [2.75, 3.05) is 6.54 Å². The SMILES string of the molecule is Cc1cc(CN(C[C@H]2C[C@H]3C=C[C@H]2C3)C(=O)c2cc(C)n(C)n2)nn1C. The molecule has 138 valence electrons. The van der Waals surface area contributed by atoms with Crippen LogP contribution in [0.2, 0.25) is 0 Å².